The van der Waals surface area contributed by atoms with Crippen LogP contribution in [-0.2, 0) is 6.54 Å². The van der Waals surface area contributed by atoms with Crippen LogP contribution in [0.1, 0.15) is 12.5 Å². The largest absolute Gasteiger partial charge is 0.397 e. The Hall–Kier alpha value is -3.39. The number of benzene rings is 1. The number of carbonyl (C=O) groups is 1. The Morgan fingerprint density at radius 2 is 1.94 bits per heavy atom. The summed E-state index contributed by atoms with van der Waals surface area (Å²) in [5, 5.41) is 6.97. The number of nitrogens with zero attached hydrogens (tertiary/aromatic N) is 4. The molecule has 7 nitrogen and oxygen atoms in total. The van der Waals surface area contributed by atoms with Gasteiger partial charge in [-0.25, -0.2) is 13.9 Å². The fourth-order valence-corrected chi connectivity index (χ4v) is 4.40. The van der Waals surface area contributed by atoms with Gasteiger partial charge in [0.25, 0.3) is 0 Å². The van der Waals surface area contributed by atoms with E-state index in [-0.39, 0.29) is 11.8 Å². The normalized spacial score (nSPS) is 21.6. The number of fused-ring (bicyclic) bond motifs is 1. The molecule has 0 bridgehead atoms. The van der Waals surface area contributed by atoms with Crippen molar-refractivity contribution in [2.24, 2.45) is 17.6 Å². The van der Waals surface area contributed by atoms with Crippen molar-refractivity contribution in [1.82, 2.24) is 24.9 Å². The Morgan fingerprint density at radius 1 is 1.22 bits per heavy atom. The molecule has 8 heteroatoms. The Balaban J connectivity index is 1.27. The lowest BCUT2D eigenvalue weighted by atomic mass is 10.0. The van der Waals surface area contributed by atoms with E-state index in [1.165, 1.54) is 6.07 Å². The molecule has 3 N–H and O–H groups in total. The monoisotopic (exact) mass is 436 g/mol. The van der Waals surface area contributed by atoms with Crippen LogP contribution in [0.5, 0.6) is 0 Å². The Labute approximate surface area is 187 Å². The van der Waals surface area contributed by atoms with Crippen molar-refractivity contribution >= 4 is 11.7 Å². The highest BCUT2D eigenvalue weighted by Crippen LogP contribution is 2.32. The fourth-order valence-electron chi connectivity index (χ4n) is 4.40. The van der Waals surface area contributed by atoms with Gasteiger partial charge in [-0.1, -0.05) is 24.8 Å². The first-order valence-electron chi connectivity index (χ1n) is 10.8. The number of nitrogens with two attached hydrogens (primary N) is 1. The van der Waals surface area contributed by atoms with Crippen molar-refractivity contribution in [1.29, 1.82) is 0 Å². The number of allylic oxidation sites excluding steroid dienone is 3. The number of carbonyl (C=O) groups excluding carboxylic acids is 1. The molecular formula is C24H29FN6O. The van der Waals surface area contributed by atoms with Crippen LogP contribution >= 0.6 is 0 Å². The predicted octanol–water partition coefficient (Wildman–Crippen LogP) is 3.01. The van der Waals surface area contributed by atoms with Crippen molar-refractivity contribution in [3.63, 3.8) is 0 Å². The maximum absolute atomic E-state index is 13.9. The van der Waals surface area contributed by atoms with Crippen LogP contribution in [0.2, 0.25) is 0 Å². The second-order valence-electron chi connectivity index (χ2n) is 8.50. The van der Waals surface area contributed by atoms with Crippen LogP contribution < -0.4 is 11.1 Å². The topological polar surface area (TPSA) is 79.4 Å². The van der Waals surface area contributed by atoms with E-state index in [0.29, 0.717) is 42.9 Å². The maximum Gasteiger partial charge on any atom is 0.321 e. The first-order chi connectivity index (χ1) is 15.4. The molecule has 2 aromatic rings. The number of amides is 2. The average Bonchev–Trinajstić information content (AvgIpc) is 3.50. The van der Waals surface area contributed by atoms with Gasteiger partial charge in [0, 0.05) is 56.4 Å². The number of rotatable bonds is 6. The van der Waals surface area contributed by atoms with E-state index in [9.17, 15) is 9.18 Å². The highest BCUT2D eigenvalue weighted by Gasteiger charge is 2.41. The summed E-state index contributed by atoms with van der Waals surface area (Å²) in [6.45, 7) is 9.51. The van der Waals surface area contributed by atoms with Crippen LogP contribution in [0, 0.1) is 17.7 Å². The smallest absolute Gasteiger partial charge is 0.321 e. The predicted molar refractivity (Wildman–Crippen MR) is 122 cm³/mol. The van der Waals surface area contributed by atoms with E-state index in [4.69, 9.17) is 5.73 Å². The third-order valence-electron chi connectivity index (χ3n) is 6.18. The molecule has 168 valence electrons. The molecule has 32 heavy (non-hydrogen) atoms. The summed E-state index contributed by atoms with van der Waals surface area (Å²) in [7, 11) is 0. The molecule has 0 radical (unpaired) electrons. The lowest BCUT2D eigenvalue weighted by molar-refractivity contribution is 0.201. The first kappa shape index (κ1) is 21.8. The molecule has 2 saturated heterocycles. The van der Waals surface area contributed by atoms with Crippen molar-refractivity contribution in [3.8, 4) is 0 Å². The number of hydrogen-bond acceptors (Lipinski definition) is 4. The molecule has 0 aliphatic carbocycles. The van der Waals surface area contributed by atoms with Gasteiger partial charge in [-0.15, -0.1) is 0 Å². The summed E-state index contributed by atoms with van der Waals surface area (Å²) in [6, 6.07) is 8.56. The van der Waals surface area contributed by atoms with E-state index in [1.807, 2.05) is 42.3 Å². The number of halogens is 1. The van der Waals surface area contributed by atoms with E-state index in [0.717, 1.165) is 24.4 Å². The lowest BCUT2D eigenvalue weighted by Crippen LogP contribution is -2.40. The molecular weight excluding hydrogens is 407 g/mol. The zero-order valence-electron chi connectivity index (χ0n) is 18.2. The van der Waals surface area contributed by atoms with E-state index >= 15 is 0 Å². The number of likely N-dealkylation sites (tertiary alicyclic amines) is 2. The molecule has 1 aromatic carbocycles. The summed E-state index contributed by atoms with van der Waals surface area (Å²) >= 11 is 0. The van der Waals surface area contributed by atoms with Gasteiger partial charge >= 0.3 is 6.03 Å². The van der Waals surface area contributed by atoms with Gasteiger partial charge in [0.2, 0.25) is 0 Å². The standard InChI is InChI=1S/C24H29FN6O/c1-17(31-11-5-10-27-31)8-9-23(26)18(2)28-24(32)30-15-20-13-29(14-21(20)16-30)12-19-6-3-4-7-22(19)25/h3-11,20-21H,2,12-16,26H2,1H3,(H,28,32)/b17-8+,23-9+. The molecule has 2 unspecified atom stereocenters. The minimum atomic E-state index is -0.186. The molecule has 2 atom stereocenters. The Morgan fingerprint density at radius 3 is 2.59 bits per heavy atom. The zero-order valence-corrected chi connectivity index (χ0v) is 18.2. The van der Waals surface area contributed by atoms with Gasteiger partial charge in [0.05, 0.1) is 11.4 Å². The molecule has 3 heterocycles. The van der Waals surface area contributed by atoms with E-state index in [2.05, 4.69) is 21.9 Å². The number of aromatic nitrogens is 2. The van der Waals surface area contributed by atoms with Gasteiger partial charge in [-0.2, -0.15) is 5.10 Å². The third-order valence-corrected chi connectivity index (χ3v) is 6.18. The molecule has 2 aliphatic heterocycles. The molecule has 2 amide bonds. The molecule has 0 spiro atoms. The summed E-state index contributed by atoms with van der Waals surface area (Å²) in [6.07, 6.45) is 7.07. The van der Waals surface area contributed by atoms with Crippen molar-refractivity contribution in [3.05, 3.63) is 84.2 Å². The summed E-state index contributed by atoms with van der Waals surface area (Å²) in [4.78, 5) is 16.8. The van der Waals surface area contributed by atoms with Crippen molar-refractivity contribution in [2.75, 3.05) is 26.2 Å². The second-order valence-corrected chi connectivity index (χ2v) is 8.50. The van der Waals surface area contributed by atoms with Gasteiger partial charge in [0.15, 0.2) is 0 Å². The lowest BCUT2D eigenvalue weighted by Gasteiger charge is -2.22. The van der Waals surface area contributed by atoms with Gasteiger partial charge < -0.3 is 16.0 Å². The van der Waals surface area contributed by atoms with Crippen LogP contribution in [0.3, 0.4) is 0 Å². The maximum atomic E-state index is 13.9. The molecule has 0 saturated carbocycles. The van der Waals surface area contributed by atoms with Crippen LogP contribution in [-0.4, -0.2) is 51.8 Å². The average molecular weight is 437 g/mol. The van der Waals surface area contributed by atoms with Crippen molar-refractivity contribution < 1.29 is 9.18 Å². The molecule has 4 rings (SSSR count). The second kappa shape index (κ2) is 9.40. The first-order valence-corrected chi connectivity index (χ1v) is 10.8. The minimum Gasteiger partial charge on any atom is -0.397 e. The molecule has 2 aliphatic rings. The van der Waals surface area contributed by atoms with E-state index < -0.39 is 0 Å². The highest BCUT2D eigenvalue weighted by molar-refractivity contribution is 5.77. The Bertz CT molecular complexity index is 1030. The third kappa shape index (κ3) is 4.91. The SMILES string of the molecule is C=C(NC(=O)N1CC2CN(Cc3ccccc3F)CC2C1)/C(N)=C\C=C(/C)n1cccn1. The zero-order chi connectivity index (χ0) is 22.7. The quantitative estimate of drug-likeness (QED) is 0.683. The number of urea groups is 1. The Kier molecular flexibility index (Phi) is 6.41. The highest BCUT2D eigenvalue weighted by atomic mass is 19.1. The van der Waals surface area contributed by atoms with Crippen LogP contribution in [0.4, 0.5) is 9.18 Å². The van der Waals surface area contributed by atoms with Gasteiger partial charge in [-0.05, 0) is 43.0 Å². The fraction of sp³-hybridized carbons (Fsp3) is 0.333. The van der Waals surface area contributed by atoms with Crippen molar-refractivity contribution in [2.45, 2.75) is 13.5 Å². The van der Waals surface area contributed by atoms with Gasteiger partial charge in [-0.3, -0.25) is 4.90 Å². The van der Waals surface area contributed by atoms with Crippen LogP contribution in [0.25, 0.3) is 5.70 Å². The van der Waals surface area contributed by atoms with Crippen LogP contribution in [0.15, 0.2) is 72.9 Å². The summed E-state index contributed by atoms with van der Waals surface area (Å²) in [5.41, 5.74) is 8.45. The molecule has 1 aromatic heterocycles. The number of hydrogen-bond donors (Lipinski definition) is 2. The van der Waals surface area contributed by atoms with E-state index in [1.54, 1.807) is 23.0 Å². The minimum absolute atomic E-state index is 0.163. The summed E-state index contributed by atoms with van der Waals surface area (Å²) < 4.78 is 15.7. The summed E-state index contributed by atoms with van der Waals surface area (Å²) in [5.74, 6) is 0.631. The number of nitrogens with one attached hydrogen (secondary N) is 1. The molecule has 2 fully saturated rings. The van der Waals surface area contributed by atoms with Gasteiger partial charge in [0.1, 0.15) is 5.82 Å².